The van der Waals surface area contributed by atoms with Crippen LogP contribution >= 0.6 is 0 Å². The van der Waals surface area contributed by atoms with Crippen molar-refractivity contribution in [3.8, 4) is 11.5 Å². The lowest BCUT2D eigenvalue weighted by molar-refractivity contribution is 0.209. The molecule has 0 unspecified atom stereocenters. The summed E-state index contributed by atoms with van der Waals surface area (Å²) in [5.74, 6) is 2.93. The van der Waals surface area contributed by atoms with Gasteiger partial charge < -0.3 is 9.47 Å². The highest BCUT2D eigenvalue weighted by atomic mass is 16.5. The van der Waals surface area contributed by atoms with Crippen molar-refractivity contribution >= 4 is 0 Å². The largest absolute Gasteiger partial charge is 0.493 e. The van der Waals surface area contributed by atoms with Gasteiger partial charge in [-0.3, -0.25) is 9.47 Å². The van der Waals surface area contributed by atoms with Crippen LogP contribution in [-0.4, -0.2) is 46.1 Å². The van der Waals surface area contributed by atoms with E-state index >= 15 is 0 Å². The fraction of sp³-hybridized carbons (Fsp3) is 0.619. The molecule has 1 aliphatic heterocycles. The molecule has 1 atom stereocenters. The molecule has 28 heavy (non-hydrogen) atoms. The molecule has 3 rings (SSSR count). The Morgan fingerprint density at radius 3 is 2.79 bits per heavy atom. The van der Waals surface area contributed by atoms with Crippen LogP contribution < -0.4 is 15.2 Å². The van der Waals surface area contributed by atoms with Crippen LogP contribution in [0.5, 0.6) is 11.5 Å². The second kappa shape index (κ2) is 8.82. The number of aryl methyl sites for hydroxylation is 2. The predicted octanol–water partition coefficient (Wildman–Crippen LogP) is 2.46. The van der Waals surface area contributed by atoms with E-state index in [9.17, 15) is 4.79 Å². The van der Waals surface area contributed by atoms with E-state index in [2.05, 4.69) is 43.0 Å². The molecule has 1 aromatic carbocycles. The summed E-state index contributed by atoms with van der Waals surface area (Å²) in [7, 11) is 5.54. The highest BCUT2D eigenvalue weighted by molar-refractivity contribution is 5.43. The van der Waals surface area contributed by atoms with Crippen LogP contribution in [0.25, 0.3) is 0 Å². The number of methoxy groups -OCH3 is 1. The van der Waals surface area contributed by atoms with Crippen molar-refractivity contribution in [2.75, 3.05) is 20.8 Å². The van der Waals surface area contributed by atoms with Crippen molar-refractivity contribution < 1.29 is 9.47 Å². The lowest BCUT2D eigenvalue weighted by Crippen LogP contribution is -2.32. The number of hydrogen-bond acceptors (Lipinski definition) is 5. The zero-order valence-electron chi connectivity index (χ0n) is 17.6. The average molecular weight is 389 g/mol. The molecule has 2 heterocycles. The van der Waals surface area contributed by atoms with Crippen LogP contribution in [0.1, 0.15) is 38.1 Å². The monoisotopic (exact) mass is 388 g/mol. The van der Waals surface area contributed by atoms with Crippen molar-refractivity contribution in [3.63, 3.8) is 0 Å². The van der Waals surface area contributed by atoms with Crippen molar-refractivity contribution in [1.82, 2.24) is 19.2 Å². The Kier molecular flexibility index (Phi) is 6.44. The minimum atomic E-state index is -0.0139. The van der Waals surface area contributed by atoms with Gasteiger partial charge in [-0.05, 0) is 43.5 Å². The number of rotatable bonds is 7. The van der Waals surface area contributed by atoms with Crippen molar-refractivity contribution in [2.45, 2.75) is 52.2 Å². The van der Waals surface area contributed by atoms with Gasteiger partial charge in [-0.25, -0.2) is 9.48 Å². The second-order valence-corrected chi connectivity index (χ2v) is 8.06. The lowest BCUT2D eigenvalue weighted by atomic mass is 10.1. The van der Waals surface area contributed by atoms with Gasteiger partial charge >= 0.3 is 5.69 Å². The van der Waals surface area contributed by atoms with Crippen LogP contribution in [0.2, 0.25) is 0 Å². The summed E-state index contributed by atoms with van der Waals surface area (Å²) in [4.78, 5) is 14.5. The smallest absolute Gasteiger partial charge is 0.345 e. The molecule has 0 radical (unpaired) electrons. The van der Waals surface area contributed by atoms with Crippen LogP contribution in [0.15, 0.2) is 23.0 Å². The summed E-state index contributed by atoms with van der Waals surface area (Å²) >= 11 is 0. The molecule has 7 heteroatoms. The predicted molar refractivity (Wildman–Crippen MR) is 109 cm³/mol. The van der Waals surface area contributed by atoms with Gasteiger partial charge in [-0.15, -0.1) is 0 Å². The molecule has 0 spiro atoms. The molecular formula is C21H32N4O3. The molecule has 0 amide bonds. The molecule has 7 nitrogen and oxygen atoms in total. The summed E-state index contributed by atoms with van der Waals surface area (Å²) in [5.41, 5.74) is 1.18. The van der Waals surface area contributed by atoms with E-state index in [0.717, 1.165) is 49.7 Å². The van der Waals surface area contributed by atoms with Crippen LogP contribution in [0, 0.1) is 5.92 Å². The summed E-state index contributed by atoms with van der Waals surface area (Å²) in [5, 5.41) is 4.37. The Bertz CT molecular complexity index is 856. The number of aromatic nitrogens is 3. The summed E-state index contributed by atoms with van der Waals surface area (Å²) < 4.78 is 14.6. The Balaban J connectivity index is 1.64. The maximum Gasteiger partial charge on any atom is 0.345 e. The average Bonchev–Trinajstić information content (AvgIpc) is 2.83. The first-order valence-corrected chi connectivity index (χ1v) is 10.0. The third-order valence-corrected chi connectivity index (χ3v) is 5.33. The van der Waals surface area contributed by atoms with Gasteiger partial charge in [-0.1, -0.05) is 19.9 Å². The number of fused-ring (bicyclic) bond motifs is 1. The summed E-state index contributed by atoms with van der Waals surface area (Å²) in [6, 6.07) is 6.57. The van der Waals surface area contributed by atoms with Gasteiger partial charge in [0.2, 0.25) is 0 Å². The van der Waals surface area contributed by atoms with Crippen LogP contribution in [-0.2, 0) is 26.6 Å². The van der Waals surface area contributed by atoms with Gasteiger partial charge in [-0.2, -0.15) is 5.10 Å². The Labute approximate surface area is 166 Å². The molecule has 2 aromatic rings. The van der Waals surface area contributed by atoms with E-state index in [1.807, 2.05) is 10.6 Å². The summed E-state index contributed by atoms with van der Waals surface area (Å²) in [6.07, 6.45) is 2.78. The Morgan fingerprint density at radius 1 is 1.29 bits per heavy atom. The van der Waals surface area contributed by atoms with Gasteiger partial charge in [0.05, 0.1) is 13.7 Å². The van der Waals surface area contributed by atoms with E-state index in [-0.39, 0.29) is 5.69 Å². The standard InChI is InChI=1S/C21H32N4O3/c1-15(2)14-28-18-8-6-16(12-19(18)27-5)13-23(3)17-7-9-20-22-24(4)21(26)25(20)11-10-17/h6,8,12,15,17H,7,9-11,13-14H2,1-5H3/t17-/m0/s1. The van der Waals surface area contributed by atoms with E-state index < -0.39 is 0 Å². The molecule has 154 valence electrons. The maximum absolute atomic E-state index is 12.2. The van der Waals surface area contributed by atoms with Crippen LogP contribution in [0.4, 0.5) is 0 Å². The molecule has 0 saturated carbocycles. The zero-order valence-corrected chi connectivity index (χ0v) is 17.6. The molecule has 0 fully saturated rings. The zero-order chi connectivity index (χ0) is 20.3. The van der Waals surface area contributed by atoms with Gasteiger partial charge in [0.1, 0.15) is 5.82 Å². The van der Waals surface area contributed by atoms with E-state index in [0.29, 0.717) is 18.6 Å². The highest BCUT2D eigenvalue weighted by Gasteiger charge is 2.23. The van der Waals surface area contributed by atoms with Crippen molar-refractivity contribution in [1.29, 1.82) is 0 Å². The molecule has 0 bridgehead atoms. The first kappa shape index (κ1) is 20.5. The van der Waals surface area contributed by atoms with Gasteiger partial charge in [0.25, 0.3) is 0 Å². The number of ether oxygens (including phenoxy) is 2. The van der Waals surface area contributed by atoms with Crippen molar-refractivity contribution in [3.05, 3.63) is 40.1 Å². The van der Waals surface area contributed by atoms with Crippen molar-refractivity contribution in [2.24, 2.45) is 13.0 Å². The molecular weight excluding hydrogens is 356 g/mol. The van der Waals surface area contributed by atoms with Gasteiger partial charge in [0, 0.05) is 32.6 Å². The maximum atomic E-state index is 12.2. The molecule has 0 N–H and O–H groups in total. The Hall–Kier alpha value is -2.28. The fourth-order valence-electron chi connectivity index (χ4n) is 3.73. The molecule has 0 aliphatic carbocycles. The lowest BCUT2D eigenvalue weighted by Gasteiger charge is -2.27. The third kappa shape index (κ3) is 4.58. The number of hydrogen-bond donors (Lipinski definition) is 0. The summed E-state index contributed by atoms with van der Waals surface area (Å²) in [6.45, 7) is 6.48. The minimum Gasteiger partial charge on any atom is -0.493 e. The fourth-order valence-corrected chi connectivity index (χ4v) is 3.73. The van der Waals surface area contributed by atoms with Crippen LogP contribution in [0.3, 0.4) is 0 Å². The SMILES string of the molecule is COc1cc(CN(C)[C@H]2CCc3nn(C)c(=O)n3CC2)ccc1OCC(C)C. The quantitative estimate of drug-likeness (QED) is 0.729. The topological polar surface area (TPSA) is 61.5 Å². The second-order valence-electron chi connectivity index (χ2n) is 8.06. The van der Waals surface area contributed by atoms with Gasteiger partial charge in [0.15, 0.2) is 11.5 Å². The van der Waals surface area contributed by atoms with E-state index in [4.69, 9.17) is 9.47 Å². The molecule has 1 aliphatic rings. The number of nitrogens with zero attached hydrogens (tertiary/aromatic N) is 4. The molecule has 1 aromatic heterocycles. The minimum absolute atomic E-state index is 0.0139. The normalized spacial score (nSPS) is 16.9. The Morgan fingerprint density at radius 2 is 2.07 bits per heavy atom. The number of benzene rings is 1. The van der Waals surface area contributed by atoms with E-state index in [1.54, 1.807) is 14.2 Å². The first-order valence-electron chi connectivity index (χ1n) is 10.0. The van der Waals surface area contributed by atoms with E-state index in [1.165, 1.54) is 10.2 Å². The molecule has 0 saturated heterocycles. The highest BCUT2D eigenvalue weighted by Crippen LogP contribution is 2.29. The first-order chi connectivity index (χ1) is 13.4. The third-order valence-electron chi connectivity index (χ3n) is 5.33.